The summed E-state index contributed by atoms with van der Waals surface area (Å²) in [5, 5.41) is 11.7. The van der Waals surface area contributed by atoms with Crippen molar-refractivity contribution in [3.05, 3.63) is 46.7 Å². The molecule has 0 atom stereocenters. The Kier molecular flexibility index (Phi) is 5.13. The van der Waals surface area contributed by atoms with Crippen LogP contribution in [0.2, 0.25) is 0 Å². The lowest BCUT2D eigenvalue weighted by atomic mass is 10.1. The molecule has 0 saturated heterocycles. The molecular formula is C19H16N2O6. The van der Waals surface area contributed by atoms with Crippen molar-refractivity contribution in [2.24, 2.45) is 0 Å². The van der Waals surface area contributed by atoms with Gasteiger partial charge in [-0.2, -0.15) is 5.26 Å². The van der Waals surface area contributed by atoms with Gasteiger partial charge in [0.1, 0.15) is 36.2 Å². The fraction of sp³-hybridized carbons (Fsp3) is 0.211. The molecule has 27 heavy (non-hydrogen) atoms. The Bertz CT molecular complexity index is 967. The number of hydrogen-bond donors (Lipinski definition) is 1. The third-order valence-electron chi connectivity index (χ3n) is 3.82. The number of benzene rings is 1. The molecule has 1 N–H and O–H groups in total. The summed E-state index contributed by atoms with van der Waals surface area (Å²) < 4.78 is 20.9. The molecule has 1 aromatic heterocycles. The Balaban J connectivity index is 1.76. The number of rotatable bonds is 4. The number of furan rings is 1. The summed E-state index contributed by atoms with van der Waals surface area (Å²) >= 11 is 0. The summed E-state index contributed by atoms with van der Waals surface area (Å²) in [6.45, 7) is 2.48. The molecule has 1 aromatic carbocycles. The zero-order valence-corrected chi connectivity index (χ0v) is 14.7. The number of fused-ring (bicyclic) bond motifs is 1. The van der Waals surface area contributed by atoms with Gasteiger partial charge in [0.2, 0.25) is 5.88 Å². The molecule has 0 aliphatic carbocycles. The van der Waals surface area contributed by atoms with E-state index >= 15 is 0 Å². The summed E-state index contributed by atoms with van der Waals surface area (Å²) in [5.74, 6) is 0.117. The quantitative estimate of drug-likeness (QED) is 0.652. The van der Waals surface area contributed by atoms with E-state index in [0.717, 1.165) is 5.56 Å². The van der Waals surface area contributed by atoms with E-state index in [1.54, 1.807) is 24.3 Å². The maximum absolute atomic E-state index is 12.2. The molecule has 138 valence electrons. The molecule has 3 rings (SSSR count). The summed E-state index contributed by atoms with van der Waals surface area (Å²) in [6.07, 6.45) is 2.86. The molecule has 0 fully saturated rings. The molecule has 0 bridgehead atoms. The first-order chi connectivity index (χ1) is 13.0. The van der Waals surface area contributed by atoms with Crippen LogP contribution in [-0.2, 0) is 9.53 Å². The highest BCUT2D eigenvalue weighted by Crippen LogP contribution is 2.31. The number of amides is 1. The van der Waals surface area contributed by atoms with Gasteiger partial charge in [-0.3, -0.25) is 10.1 Å². The van der Waals surface area contributed by atoms with Crippen LogP contribution in [-0.4, -0.2) is 32.2 Å². The second-order valence-electron chi connectivity index (χ2n) is 5.57. The van der Waals surface area contributed by atoms with Gasteiger partial charge in [-0.25, -0.2) is 4.79 Å². The number of carbonyl (C=O) groups is 2. The molecule has 1 amide bonds. The van der Waals surface area contributed by atoms with Crippen molar-refractivity contribution in [2.45, 2.75) is 6.92 Å². The predicted octanol–water partition coefficient (Wildman–Crippen LogP) is 2.67. The molecule has 8 nitrogen and oxygen atoms in total. The van der Waals surface area contributed by atoms with Crippen molar-refractivity contribution in [1.82, 2.24) is 0 Å². The second-order valence-corrected chi connectivity index (χ2v) is 5.57. The minimum Gasteiger partial charge on any atom is -0.486 e. The predicted molar refractivity (Wildman–Crippen MR) is 94.6 cm³/mol. The van der Waals surface area contributed by atoms with Crippen LogP contribution in [0.5, 0.6) is 11.5 Å². The third kappa shape index (κ3) is 3.77. The normalized spacial score (nSPS) is 12.5. The number of nitrogens with one attached hydrogen (secondary N) is 1. The Morgan fingerprint density at radius 2 is 2.00 bits per heavy atom. The van der Waals surface area contributed by atoms with Gasteiger partial charge < -0.3 is 18.6 Å². The van der Waals surface area contributed by atoms with Gasteiger partial charge >= 0.3 is 5.97 Å². The molecule has 0 unspecified atom stereocenters. The third-order valence-corrected chi connectivity index (χ3v) is 3.82. The molecular weight excluding hydrogens is 352 g/mol. The topological polar surface area (TPSA) is 111 Å². The second kappa shape index (κ2) is 7.66. The average Bonchev–Trinajstić information content (AvgIpc) is 3.00. The van der Waals surface area contributed by atoms with Crippen LogP contribution in [0, 0.1) is 18.3 Å². The van der Waals surface area contributed by atoms with Gasteiger partial charge in [0.15, 0.2) is 11.5 Å². The Morgan fingerprint density at radius 1 is 1.26 bits per heavy atom. The summed E-state index contributed by atoms with van der Waals surface area (Å²) in [4.78, 5) is 23.9. The van der Waals surface area contributed by atoms with E-state index in [0.29, 0.717) is 24.7 Å². The number of methoxy groups -OCH3 is 1. The molecule has 0 saturated carbocycles. The molecule has 2 heterocycles. The zero-order chi connectivity index (χ0) is 19.4. The number of anilines is 1. The van der Waals surface area contributed by atoms with E-state index < -0.39 is 11.9 Å². The first kappa shape index (κ1) is 18.1. The summed E-state index contributed by atoms with van der Waals surface area (Å²) in [6, 6.07) is 7.15. The monoisotopic (exact) mass is 368 g/mol. The number of esters is 1. The fourth-order valence-electron chi connectivity index (χ4n) is 2.58. The molecule has 0 spiro atoms. The maximum Gasteiger partial charge on any atom is 0.342 e. The number of hydrogen-bond acceptors (Lipinski definition) is 7. The minimum absolute atomic E-state index is 0.00823. The van der Waals surface area contributed by atoms with Crippen molar-refractivity contribution in [2.75, 3.05) is 25.6 Å². The van der Waals surface area contributed by atoms with Crippen LogP contribution in [0.4, 0.5) is 5.88 Å². The molecule has 0 radical (unpaired) electrons. The Hall–Kier alpha value is -3.73. The van der Waals surface area contributed by atoms with E-state index in [4.69, 9.17) is 13.9 Å². The lowest BCUT2D eigenvalue weighted by Crippen LogP contribution is -2.15. The van der Waals surface area contributed by atoms with Crippen LogP contribution < -0.4 is 14.8 Å². The standard InChI is InChI=1S/C19H16N2O6/c1-11-17(19(23)24-2)13(10-20)18(27-11)21-16(22)6-4-12-3-5-14-15(9-12)26-8-7-25-14/h3-6,9H,7-8H2,1-2H3,(H,21,22)/b6-4-. The van der Waals surface area contributed by atoms with Gasteiger partial charge in [-0.15, -0.1) is 0 Å². The SMILES string of the molecule is COC(=O)c1c(C)oc(NC(=O)/C=C\c2ccc3c(c2)OCCO3)c1C#N. The smallest absolute Gasteiger partial charge is 0.342 e. The molecule has 2 aromatic rings. The van der Waals surface area contributed by atoms with Gasteiger partial charge in [0, 0.05) is 6.08 Å². The number of carbonyl (C=O) groups excluding carboxylic acids is 2. The largest absolute Gasteiger partial charge is 0.486 e. The molecule has 1 aliphatic rings. The van der Waals surface area contributed by atoms with Crippen molar-refractivity contribution in [1.29, 1.82) is 5.26 Å². The summed E-state index contributed by atoms with van der Waals surface area (Å²) in [7, 11) is 1.20. The first-order valence-electron chi connectivity index (χ1n) is 8.04. The Morgan fingerprint density at radius 3 is 2.70 bits per heavy atom. The lowest BCUT2D eigenvalue weighted by Gasteiger charge is -2.18. The van der Waals surface area contributed by atoms with Gasteiger partial charge in [0.25, 0.3) is 5.91 Å². The first-order valence-corrected chi connectivity index (χ1v) is 8.04. The fourth-order valence-corrected chi connectivity index (χ4v) is 2.58. The lowest BCUT2D eigenvalue weighted by molar-refractivity contribution is -0.111. The number of ether oxygens (including phenoxy) is 3. The van der Waals surface area contributed by atoms with Crippen LogP contribution in [0.15, 0.2) is 28.7 Å². The van der Waals surface area contributed by atoms with E-state index in [9.17, 15) is 14.9 Å². The van der Waals surface area contributed by atoms with Crippen molar-refractivity contribution < 1.29 is 28.2 Å². The number of nitriles is 1. The number of aryl methyl sites for hydroxylation is 1. The van der Waals surface area contributed by atoms with Crippen LogP contribution in [0.1, 0.15) is 27.2 Å². The van der Waals surface area contributed by atoms with Gasteiger partial charge in [-0.05, 0) is 30.7 Å². The Labute approximate surface area is 154 Å². The van der Waals surface area contributed by atoms with E-state index in [2.05, 4.69) is 10.1 Å². The highest BCUT2D eigenvalue weighted by atomic mass is 16.6. The molecule has 8 heteroatoms. The number of nitrogens with zero attached hydrogens (tertiary/aromatic N) is 1. The highest BCUT2D eigenvalue weighted by molar-refractivity contribution is 6.03. The highest BCUT2D eigenvalue weighted by Gasteiger charge is 2.25. The minimum atomic E-state index is -0.708. The van der Waals surface area contributed by atoms with E-state index in [-0.39, 0.29) is 22.8 Å². The van der Waals surface area contributed by atoms with Crippen LogP contribution in [0.3, 0.4) is 0 Å². The van der Waals surface area contributed by atoms with E-state index in [1.807, 2.05) is 6.07 Å². The van der Waals surface area contributed by atoms with Gasteiger partial charge in [0.05, 0.1) is 7.11 Å². The van der Waals surface area contributed by atoms with Crippen molar-refractivity contribution in [3.63, 3.8) is 0 Å². The van der Waals surface area contributed by atoms with Crippen LogP contribution in [0.25, 0.3) is 6.08 Å². The van der Waals surface area contributed by atoms with Crippen LogP contribution >= 0.6 is 0 Å². The molecule has 1 aliphatic heterocycles. The summed E-state index contributed by atoms with van der Waals surface area (Å²) in [5.41, 5.74) is 0.646. The van der Waals surface area contributed by atoms with Crippen molar-refractivity contribution >= 4 is 23.8 Å². The average molecular weight is 368 g/mol. The maximum atomic E-state index is 12.2. The van der Waals surface area contributed by atoms with Gasteiger partial charge in [-0.1, -0.05) is 6.07 Å². The zero-order valence-electron chi connectivity index (χ0n) is 14.7. The van der Waals surface area contributed by atoms with E-state index in [1.165, 1.54) is 20.1 Å². The van der Waals surface area contributed by atoms with Crippen molar-refractivity contribution in [3.8, 4) is 17.6 Å².